The Hall–Kier alpha value is -14.3. The van der Waals surface area contributed by atoms with Crippen LogP contribution >= 0.6 is 0 Å². The number of nitrogens with zero attached hydrogens (tertiary/aromatic N) is 15. The van der Waals surface area contributed by atoms with Gasteiger partial charge >= 0.3 is 0 Å². The molecule has 0 aliphatic carbocycles. The van der Waals surface area contributed by atoms with Gasteiger partial charge in [0.1, 0.15) is 11.8 Å². The number of anilines is 4. The standard InChI is InChI=1S/C23H25N5O2S.C23H28N4O3S.C21H22FN3O3S.C21H25N5O2S.C20H21FN4O2S/c1-27-23-4-3-16(11-19(23)14-25-27)18-12-17-5-8-24-15-21(17)22(13-18)26-20-6-9-28(10-7-20)31(2,29)30;1-4-18(6-5-10-25-17(2)28)20-14-19-7-11-24-16-22(19)23(15-20)26-21-8-12-27(13-9-21)31(3,29)30;1-29(27,28)25-8-5-17(6-9-25)24-20-12-16(10-15-4-7-23-13-18(15)20)14-2-3-21(26)19(22)11-14;1-4-26(29(3,27)28)13-5-11-24-17(2)21-16-23-12-10-19(21)8-6-18-7-9-20(14-22)25-15-18;1-28(26,27)25-8-4-17(5-9-25)24-19-11-16(14-3-7-23-20(21)12-14)10-15-2-6-22-13-18(15)19/h3-5,8,11-15,20,26H,6-7,9-10H2,1-2H3;4-7,10-11,14-16,21,26H,1,8-9,12-13H2,2-3H3,(H,25,28);2-4,7,10-13,17,24,26H,5-6,8-9H2,1H3;6-10,12,15-16,24H,2,4-5,11,13H2,1,3H3;2-3,6-7,10-13,17,24H,4-5,8-9H2,1H3/b;10-5+,18-6+;;8-6+;. The molecule has 8 aromatic heterocycles. The molecule has 4 aliphatic heterocycles. The molecule has 14 aromatic rings. The summed E-state index contributed by atoms with van der Waals surface area (Å²) in [6.07, 6.45) is 46.4. The molecule has 148 heavy (non-hydrogen) atoms. The van der Waals surface area contributed by atoms with Crippen LogP contribution in [0.15, 0.2) is 258 Å². The number of aryl methyl sites for hydroxylation is 1. The largest absolute Gasteiger partial charge is 0.505 e. The molecule has 774 valence electrons. The van der Waals surface area contributed by atoms with E-state index in [1.165, 1.54) is 79.8 Å². The molecule has 4 fully saturated rings. The number of benzene rings is 6. The number of carbonyl (C=O) groups is 1. The molecule has 7 N–H and O–H groups in total. The summed E-state index contributed by atoms with van der Waals surface area (Å²) in [5, 5.41) is 52.1. The highest BCUT2D eigenvalue weighted by Crippen LogP contribution is 2.39. The van der Waals surface area contributed by atoms with Crippen molar-refractivity contribution in [1.29, 1.82) is 5.26 Å². The fraction of sp³-hybridized carbons (Fsp3) is 0.296. The van der Waals surface area contributed by atoms with Gasteiger partial charge in [-0.1, -0.05) is 62.6 Å². The van der Waals surface area contributed by atoms with Gasteiger partial charge in [0.05, 0.1) is 43.0 Å². The van der Waals surface area contributed by atoms with E-state index in [0.717, 1.165) is 177 Å². The molecule has 12 heterocycles. The number of allylic oxidation sites excluding steroid dienone is 4. The maximum Gasteiger partial charge on any atom is 0.220 e. The van der Waals surface area contributed by atoms with Gasteiger partial charge < -0.3 is 37.0 Å². The number of hydrogen-bond acceptors (Lipinski definition) is 26. The van der Waals surface area contributed by atoms with Crippen LogP contribution in [0.3, 0.4) is 0 Å². The Balaban J connectivity index is 0.000000146. The number of nitriles is 1. The summed E-state index contributed by atoms with van der Waals surface area (Å²) in [6, 6.07) is 46.2. The molecule has 18 rings (SSSR count). The molecule has 1 amide bonds. The summed E-state index contributed by atoms with van der Waals surface area (Å²) in [7, 11) is -13.8. The van der Waals surface area contributed by atoms with Crippen LogP contribution < -0.4 is 31.9 Å². The molecule has 0 unspecified atom stereocenters. The second-order valence-corrected chi connectivity index (χ2v) is 46.6. The number of amides is 1. The van der Waals surface area contributed by atoms with E-state index < -0.39 is 61.9 Å². The third-order valence-electron chi connectivity index (χ3n) is 26.1. The zero-order valence-electron chi connectivity index (χ0n) is 83.6. The molecule has 33 nitrogen and oxygen atoms in total. The molecule has 6 aromatic carbocycles. The Labute approximate surface area is 863 Å². The van der Waals surface area contributed by atoms with Crippen molar-refractivity contribution >= 4 is 156 Å². The van der Waals surface area contributed by atoms with Crippen molar-refractivity contribution in [3.8, 4) is 45.2 Å². The lowest BCUT2D eigenvalue weighted by Gasteiger charge is -2.31. The molecule has 0 atom stereocenters. The highest BCUT2D eigenvalue weighted by atomic mass is 32.2. The van der Waals surface area contributed by atoms with Crippen LogP contribution in [0.4, 0.5) is 31.5 Å². The van der Waals surface area contributed by atoms with E-state index in [4.69, 9.17) is 5.26 Å². The van der Waals surface area contributed by atoms with E-state index in [9.17, 15) is 60.8 Å². The maximum atomic E-state index is 13.9. The van der Waals surface area contributed by atoms with Crippen molar-refractivity contribution in [2.24, 2.45) is 7.05 Å². The Kier molecular flexibility index (Phi) is 36.6. The van der Waals surface area contributed by atoms with E-state index >= 15 is 0 Å². The summed E-state index contributed by atoms with van der Waals surface area (Å²) in [5.41, 5.74) is 15.9. The molecule has 0 radical (unpaired) electrons. The van der Waals surface area contributed by atoms with E-state index in [2.05, 4.69) is 128 Å². The lowest BCUT2D eigenvalue weighted by molar-refractivity contribution is -0.118. The number of fused-ring (bicyclic) bond motifs is 5. The molecule has 0 spiro atoms. The Morgan fingerprint density at radius 2 is 0.932 bits per heavy atom. The first-order valence-corrected chi connectivity index (χ1v) is 57.5. The number of sulfonamides is 5. The van der Waals surface area contributed by atoms with Gasteiger partial charge in [-0.05, 0) is 256 Å². The lowest BCUT2D eigenvalue weighted by atomic mass is 9.98. The first kappa shape index (κ1) is 109. The topological polar surface area (TPSA) is 428 Å². The first-order chi connectivity index (χ1) is 70.7. The van der Waals surface area contributed by atoms with Gasteiger partial charge in [-0.25, -0.2) is 78.0 Å². The normalized spacial score (nSPS) is 15.4. The summed E-state index contributed by atoms with van der Waals surface area (Å²) in [6.45, 7) is 16.9. The number of phenols is 1. The molecule has 0 saturated carbocycles. The van der Waals surface area contributed by atoms with Crippen molar-refractivity contribution in [3.63, 3.8) is 0 Å². The van der Waals surface area contributed by atoms with Crippen LogP contribution in [-0.2, 0) is 62.0 Å². The van der Waals surface area contributed by atoms with Crippen LogP contribution in [-0.4, -0.2) is 247 Å². The van der Waals surface area contributed by atoms with Crippen LogP contribution in [0.2, 0.25) is 0 Å². The number of halogens is 2. The molecular weight excluding hydrogens is 1980 g/mol. The first-order valence-electron chi connectivity index (χ1n) is 48.3. The third kappa shape index (κ3) is 29.8. The minimum atomic E-state index is -3.17. The second-order valence-electron chi connectivity index (χ2n) is 36.7. The minimum Gasteiger partial charge on any atom is -0.505 e. The van der Waals surface area contributed by atoms with Crippen LogP contribution in [0.1, 0.15) is 99.6 Å². The van der Waals surface area contributed by atoms with Crippen molar-refractivity contribution < 1.29 is 60.8 Å². The number of piperidine rings is 4. The zero-order chi connectivity index (χ0) is 106. The summed E-state index contributed by atoms with van der Waals surface area (Å²) < 4.78 is 154. The molecule has 0 bridgehead atoms. The highest BCUT2D eigenvalue weighted by molar-refractivity contribution is 7.89. The second kappa shape index (κ2) is 49.5. The van der Waals surface area contributed by atoms with Crippen LogP contribution in [0.25, 0.3) is 111 Å². The van der Waals surface area contributed by atoms with Gasteiger partial charge in [0.2, 0.25) is 62.0 Å². The number of hydrogen-bond donors (Lipinski definition) is 7. The minimum absolute atomic E-state index is 0.128. The number of carbonyl (C=O) groups excluding carboxylic acids is 1. The lowest BCUT2D eigenvalue weighted by Crippen LogP contribution is -2.41. The van der Waals surface area contributed by atoms with Gasteiger partial charge in [0.15, 0.2) is 11.6 Å². The summed E-state index contributed by atoms with van der Waals surface area (Å²) in [5.74, 6) is -1.69. The SMILES string of the molecule is C=C(NCCCN(CC)S(C)(=O)=O)c1cnccc1/C=C/c1ccc(C#N)nc1.C=C/C(=C\C=C\NC(C)=O)c1cc(NC2CCN(S(C)(=O)=O)CC2)c2cnccc2c1.CS(=O)(=O)N1CCC(Nc2cc(-c3ccc(O)c(F)c3)cc3ccncc23)CC1.CS(=O)(=O)N1CCC(Nc2cc(-c3ccnc(F)c3)cc3ccncc23)CC1.Cn1ncc2cc(-c3cc(NC4CCN(S(C)(=O)=O)CC4)c4cnccc4c3)ccc21. The molecular formula is C108H121F2N21O12S5. The van der Waals surface area contributed by atoms with Crippen molar-refractivity contribution in [3.05, 3.63) is 297 Å². The Morgan fingerprint density at radius 3 is 1.35 bits per heavy atom. The number of nitrogens with one attached hydrogen (secondary N) is 6. The number of phenolic OH excluding ortho intramolecular Hbond substituents is 1. The van der Waals surface area contributed by atoms with Gasteiger partial charge in [-0.3, -0.25) is 34.4 Å². The molecule has 4 aliphatic rings. The zero-order valence-corrected chi connectivity index (χ0v) is 87.6. The quantitative estimate of drug-likeness (QED) is 0.0130. The summed E-state index contributed by atoms with van der Waals surface area (Å²) in [4.78, 5) is 39.9. The van der Waals surface area contributed by atoms with E-state index in [1.54, 1.807) is 90.4 Å². The predicted octanol–water partition coefficient (Wildman–Crippen LogP) is 16.5. The fourth-order valence-electron chi connectivity index (χ4n) is 18.1. The molecule has 4 saturated heterocycles. The van der Waals surface area contributed by atoms with Gasteiger partial charge in [0.25, 0.3) is 0 Å². The number of aromatic hydroxyl groups is 1. The van der Waals surface area contributed by atoms with Crippen molar-refractivity contribution in [2.75, 3.05) is 125 Å². The average molecular weight is 2100 g/mol. The highest BCUT2D eigenvalue weighted by Gasteiger charge is 2.31. The maximum absolute atomic E-state index is 13.9. The van der Waals surface area contributed by atoms with Gasteiger partial charge in [-0.2, -0.15) is 14.8 Å². The van der Waals surface area contributed by atoms with Gasteiger partial charge in [-0.15, -0.1) is 0 Å². The van der Waals surface area contributed by atoms with E-state index in [1.807, 2.05) is 128 Å². The monoisotopic (exact) mass is 2100 g/mol. The smallest absolute Gasteiger partial charge is 0.220 e. The van der Waals surface area contributed by atoms with Crippen molar-refractivity contribution in [1.82, 2.24) is 76.8 Å². The predicted molar refractivity (Wildman–Crippen MR) is 586 cm³/mol. The average Bonchev–Trinajstić information content (AvgIpc) is 1.57. The number of pyridine rings is 7. The molecule has 40 heteroatoms. The van der Waals surface area contributed by atoms with Crippen LogP contribution in [0, 0.1) is 23.1 Å². The number of rotatable bonds is 29. The fourth-order valence-corrected chi connectivity index (χ4v) is 22.5. The van der Waals surface area contributed by atoms with Gasteiger partial charge in [0, 0.05) is 258 Å². The Bertz CT molecular complexity index is 7930. The third-order valence-corrected chi connectivity index (χ3v) is 32.7. The van der Waals surface area contributed by atoms with Crippen LogP contribution in [0.5, 0.6) is 5.75 Å². The number of aromatic nitrogens is 9. The van der Waals surface area contributed by atoms with Crippen molar-refractivity contribution in [2.45, 2.75) is 95.8 Å². The van der Waals surface area contributed by atoms with E-state index in [0.29, 0.717) is 103 Å². The Morgan fingerprint density at radius 1 is 0.500 bits per heavy atom. The summed E-state index contributed by atoms with van der Waals surface area (Å²) >= 11 is 0. The van der Waals surface area contributed by atoms with E-state index in [-0.39, 0.29) is 35.8 Å².